The molecular formula is C9H15NO2. The van der Waals surface area contributed by atoms with E-state index in [1.165, 1.54) is 0 Å². The summed E-state index contributed by atoms with van der Waals surface area (Å²) in [5.74, 6) is 0.673. The molecule has 1 rings (SSSR count). The van der Waals surface area contributed by atoms with Crippen molar-refractivity contribution in [2.24, 2.45) is 5.92 Å². The predicted octanol–water partition coefficient (Wildman–Crippen LogP) is 1.34. The number of nitrogens with zero attached hydrogens (tertiary/aromatic N) is 1. The maximum absolute atomic E-state index is 8.24. The molecule has 2 atom stereocenters. The van der Waals surface area contributed by atoms with Crippen LogP contribution in [-0.2, 0) is 9.47 Å². The fourth-order valence-electron chi connectivity index (χ4n) is 1.25. The molecule has 0 saturated carbocycles. The molecule has 0 aromatic rings. The van der Waals surface area contributed by atoms with Gasteiger partial charge in [0.25, 0.3) is 0 Å². The fraction of sp³-hybridized carbons (Fsp3) is 0.889. The molecular weight excluding hydrogens is 154 g/mol. The van der Waals surface area contributed by atoms with Crippen molar-refractivity contribution in [2.45, 2.75) is 25.9 Å². The van der Waals surface area contributed by atoms with Crippen LogP contribution in [0.3, 0.4) is 0 Å². The Kier molecular flexibility index (Phi) is 4.06. The first-order chi connectivity index (χ1) is 5.88. The third kappa shape index (κ3) is 2.47. The van der Waals surface area contributed by atoms with E-state index in [2.05, 4.69) is 6.92 Å². The lowest BCUT2D eigenvalue weighted by atomic mass is 9.96. The second-order valence-corrected chi connectivity index (χ2v) is 3.02. The molecule has 0 bridgehead atoms. The Labute approximate surface area is 73.3 Å². The highest BCUT2D eigenvalue weighted by Gasteiger charge is 2.30. The summed E-state index contributed by atoms with van der Waals surface area (Å²) >= 11 is 0. The third-order valence-corrected chi connectivity index (χ3v) is 2.21. The molecule has 3 nitrogen and oxygen atoms in total. The van der Waals surface area contributed by atoms with E-state index in [0.29, 0.717) is 25.6 Å². The van der Waals surface area contributed by atoms with E-state index < -0.39 is 0 Å². The Bertz CT molecular complexity index is 162. The molecule has 1 saturated heterocycles. The lowest BCUT2D eigenvalue weighted by Gasteiger charge is -2.35. The number of rotatable bonds is 5. The molecule has 0 aromatic heterocycles. The summed E-state index contributed by atoms with van der Waals surface area (Å²) in [5, 5.41) is 8.24. The van der Waals surface area contributed by atoms with E-state index in [1.54, 1.807) is 0 Å². The first-order valence-corrected chi connectivity index (χ1v) is 4.44. The monoisotopic (exact) mass is 169 g/mol. The van der Waals surface area contributed by atoms with Crippen molar-refractivity contribution in [2.75, 3.05) is 19.8 Å². The Hall–Kier alpha value is -0.590. The Morgan fingerprint density at radius 3 is 3.00 bits per heavy atom. The number of hydrogen-bond acceptors (Lipinski definition) is 3. The zero-order valence-corrected chi connectivity index (χ0v) is 7.45. The summed E-state index contributed by atoms with van der Waals surface area (Å²) in [6.45, 7) is 4.23. The summed E-state index contributed by atoms with van der Waals surface area (Å²) in [7, 11) is 0. The molecule has 0 N–H and O–H groups in total. The molecule has 68 valence electrons. The zero-order valence-electron chi connectivity index (χ0n) is 7.45. The molecule has 1 aliphatic rings. The summed E-state index contributed by atoms with van der Waals surface area (Å²) in [6, 6.07) is 2.04. The molecule has 2 unspecified atom stereocenters. The highest BCUT2D eigenvalue weighted by atomic mass is 16.5. The van der Waals surface area contributed by atoms with Crippen LogP contribution < -0.4 is 0 Å². The van der Waals surface area contributed by atoms with Crippen LogP contribution >= 0.6 is 0 Å². The molecule has 1 aliphatic heterocycles. The summed E-state index contributed by atoms with van der Waals surface area (Å²) < 4.78 is 10.6. The van der Waals surface area contributed by atoms with E-state index >= 15 is 0 Å². The van der Waals surface area contributed by atoms with Crippen molar-refractivity contribution in [3.8, 4) is 6.07 Å². The molecule has 0 amide bonds. The minimum absolute atomic E-state index is 0.286. The van der Waals surface area contributed by atoms with Gasteiger partial charge in [0.05, 0.1) is 38.4 Å². The highest BCUT2D eigenvalue weighted by Crippen LogP contribution is 2.23. The van der Waals surface area contributed by atoms with Gasteiger partial charge in [0.2, 0.25) is 0 Å². The average Bonchev–Trinajstić information content (AvgIpc) is 2.03. The first-order valence-electron chi connectivity index (χ1n) is 4.44. The molecule has 0 aliphatic carbocycles. The number of hydrogen-bond donors (Lipinski definition) is 0. The summed E-state index contributed by atoms with van der Waals surface area (Å²) in [4.78, 5) is 0. The van der Waals surface area contributed by atoms with Gasteiger partial charge in [-0.05, 0) is 6.42 Å². The second kappa shape index (κ2) is 5.13. The van der Waals surface area contributed by atoms with E-state index in [0.717, 1.165) is 13.0 Å². The van der Waals surface area contributed by atoms with E-state index in [1.807, 2.05) is 6.07 Å². The maximum Gasteiger partial charge on any atom is 0.0858 e. The van der Waals surface area contributed by atoms with Gasteiger partial charge in [0, 0.05) is 5.92 Å². The molecule has 0 aromatic carbocycles. The number of ether oxygens (including phenoxy) is 2. The van der Waals surface area contributed by atoms with E-state index in [4.69, 9.17) is 14.7 Å². The number of nitriles is 1. The predicted molar refractivity (Wildman–Crippen MR) is 44.6 cm³/mol. The van der Waals surface area contributed by atoms with Gasteiger partial charge in [-0.1, -0.05) is 6.92 Å². The van der Waals surface area contributed by atoms with Gasteiger partial charge >= 0.3 is 0 Å². The molecule has 0 radical (unpaired) electrons. The standard InChI is InChI=1S/C9H15NO2/c1-2-8-6-12-9(8)7-11-5-3-4-10/h8-9H,2-3,5-7H2,1H3. The molecule has 1 heterocycles. The average molecular weight is 169 g/mol. The van der Waals surface area contributed by atoms with E-state index in [-0.39, 0.29) is 6.10 Å². The largest absolute Gasteiger partial charge is 0.378 e. The van der Waals surface area contributed by atoms with Crippen molar-refractivity contribution >= 4 is 0 Å². The van der Waals surface area contributed by atoms with Crippen LogP contribution in [0.15, 0.2) is 0 Å². The Morgan fingerprint density at radius 1 is 1.67 bits per heavy atom. The van der Waals surface area contributed by atoms with Crippen LogP contribution in [0.2, 0.25) is 0 Å². The van der Waals surface area contributed by atoms with Crippen molar-refractivity contribution < 1.29 is 9.47 Å². The van der Waals surface area contributed by atoms with Gasteiger partial charge in [0.15, 0.2) is 0 Å². The molecule has 3 heteroatoms. The quantitative estimate of drug-likeness (QED) is 0.583. The van der Waals surface area contributed by atoms with Crippen molar-refractivity contribution in [1.82, 2.24) is 0 Å². The first kappa shape index (κ1) is 9.50. The van der Waals surface area contributed by atoms with Crippen molar-refractivity contribution in [3.63, 3.8) is 0 Å². The van der Waals surface area contributed by atoms with Gasteiger partial charge in [-0.2, -0.15) is 5.26 Å². The van der Waals surface area contributed by atoms with Gasteiger partial charge in [-0.25, -0.2) is 0 Å². The smallest absolute Gasteiger partial charge is 0.0858 e. The van der Waals surface area contributed by atoms with Crippen LogP contribution in [0, 0.1) is 17.2 Å². The van der Waals surface area contributed by atoms with Crippen molar-refractivity contribution in [1.29, 1.82) is 5.26 Å². The van der Waals surface area contributed by atoms with Crippen LogP contribution in [0.1, 0.15) is 19.8 Å². The van der Waals surface area contributed by atoms with Crippen LogP contribution in [0.5, 0.6) is 0 Å². The molecule has 12 heavy (non-hydrogen) atoms. The Morgan fingerprint density at radius 2 is 2.50 bits per heavy atom. The highest BCUT2D eigenvalue weighted by molar-refractivity contribution is 4.77. The lowest BCUT2D eigenvalue weighted by molar-refractivity contribution is -0.146. The van der Waals surface area contributed by atoms with Crippen LogP contribution in [0.25, 0.3) is 0 Å². The van der Waals surface area contributed by atoms with Crippen molar-refractivity contribution in [3.05, 3.63) is 0 Å². The van der Waals surface area contributed by atoms with Gasteiger partial charge in [0.1, 0.15) is 0 Å². The second-order valence-electron chi connectivity index (χ2n) is 3.02. The minimum Gasteiger partial charge on any atom is -0.378 e. The molecule has 1 fully saturated rings. The SMILES string of the molecule is CCC1COC1COCCC#N. The summed E-state index contributed by atoms with van der Waals surface area (Å²) in [5.41, 5.74) is 0. The van der Waals surface area contributed by atoms with Crippen LogP contribution in [-0.4, -0.2) is 25.9 Å². The fourth-order valence-corrected chi connectivity index (χ4v) is 1.25. The van der Waals surface area contributed by atoms with Gasteiger partial charge < -0.3 is 9.47 Å². The summed E-state index contributed by atoms with van der Waals surface area (Å²) in [6.07, 6.45) is 1.92. The van der Waals surface area contributed by atoms with Gasteiger partial charge in [-0.15, -0.1) is 0 Å². The zero-order chi connectivity index (χ0) is 8.81. The normalized spacial score (nSPS) is 27.7. The topological polar surface area (TPSA) is 42.2 Å². The lowest BCUT2D eigenvalue weighted by Crippen LogP contribution is -2.42. The third-order valence-electron chi connectivity index (χ3n) is 2.21. The Balaban J connectivity index is 1.97. The van der Waals surface area contributed by atoms with E-state index in [9.17, 15) is 0 Å². The maximum atomic E-state index is 8.24. The van der Waals surface area contributed by atoms with Gasteiger partial charge in [-0.3, -0.25) is 0 Å². The minimum atomic E-state index is 0.286. The van der Waals surface area contributed by atoms with Crippen LogP contribution in [0.4, 0.5) is 0 Å². The molecule has 0 spiro atoms.